The third kappa shape index (κ3) is 3.73. The average Bonchev–Trinajstić information content (AvgIpc) is 2.25. The Morgan fingerprint density at radius 3 is 2.20 bits per heavy atom. The van der Waals surface area contributed by atoms with Crippen LogP contribution in [-0.4, -0.2) is 22.4 Å². The summed E-state index contributed by atoms with van der Waals surface area (Å²) in [7, 11) is 0. The molecule has 3 N–H and O–H groups in total. The van der Waals surface area contributed by atoms with Crippen molar-refractivity contribution in [2.45, 2.75) is 19.1 Å². The van der Waals surface area contributed by atoms with Gasteiger partial charge in [0, 0.05) is 6.54 Å². The van der Waals surface area contributed by atoms with Crippen LogP contribution in [0.2, 0.25) is 0 Å². The first-order valence-corrected chi connectivity index (χ1v) is 4.76. The van der Waals surface area contributed by atoms with Crippen LogP contribution >= 0.6 is 0 Å². The molecule has 0 aromatic carbocycles. The number of halogens is 6. The second kappa shape index (κ2) is 5.15. The Kier molecular flexibility index (Phi) is 4.12. The van der Waals surface area contributed by atoms with Gasteiger partial charge in [-0.25, -0.2) is 9.78 Å². The zero-order chi connectivity index (χ0) is 15.7. The quantitative estimate of drug-likeness (QED) is 0.836. The minimum atomic E-state index is -5.50. The molecule has 0 atom stereocenters. The van der Waals surface area contributed by atoms with E-state index in [1.165, 1.54) is 0 Å². The number of hydrogen-bond acceptors (Lipinski definition) is 4. The molecular formula is C9H6F6N2O3. The summed E-state index contributed by atoms with van der Waals surface area (Å²) in [6, 6.07) is 0.202. The van der Waals surface area contributed by atoms with E-state index in [-0.39, 0.29) is 6.07 Å². The van der Waals surface area contributed by atoms with E-state index in [1.54, 1.807) is 0 Å². The van der Waals surface area contributed by atoms with E-state index >= 15 is 0 Å². The zero-order valence-electron chi connectivity index (χ0n) is 9.34. The van der Waals surface area contributed by atoms with Crippen LogP contribution in [0.3, 0.4) is 0 Å². The van der Waals surface area contributed by atoms with Gasteiger partial charge in [0.2, 0.25) is 0 Å². The van der Waals surface area contributed by atoms with Crippen LogP contribution in [0.15, 0.2) is 6.07 Å². The van der Waals surface area contributed by atoms with Crippen molar-refractivity contribution in [1.82, 2.24) is 4.98 Å². The minimum absolute atomic E-state index is 0.202. The summed E-state index contributed by atoms with van der Waals surface area (Å²) < 4.78 is 77.5. The lowest BCUT2D eigenvalue weighted by molar-refractivity contribution is -0.276. The number of carboxylic acid groups (broad SMARTS) is 1. The molecule has 5 nitrogen and oxygen atoms in total. The van der Waals surface area contributed by atoms with Gasteiger partial charge in [-0.15, -0.1) is 13.2 Å². The lowest BCUT2D eigenvalue weighted by Gasteiger charge is -2.17. The lowest BCUT2D eigenvalue weighted by atomic mass is 10.1. The third-order valence-corrected chi connectivity index (χ3v) is 1.96. The predicted molar refractivity (Wildman–Crippen MR) is 50.8 cm³/mol. The Morgan fingerprint density at radius 1 is 1.30 bits per heavy atom. The number of hydrogen-bond donors (Lipinski definition) is 2. The normalized spacial score (nSPS) is 12.3. The molecule has 1 aromatic heterocycles. The van der Waals surface area contributed by atoms with Crippen LogP contribution in [0, 0.1) is 0 Å². The van der Waals surface area contributed by atoms with E-state index in [0.717, 1.165) is 0 Å². The molecule has 1 aromatic rings. The Balaban J connectivity index is 3.61. The zero-order valence-corrected chi connectivity index (χ0v) is 9.34. The van der Waals surface area contributed by atoms with Crippen LogP contribution in [0.4, 0.5) is 26.3 Å². The molecule has 20 heavy (non-hydrogen) atoms. The first-order valence-electron chi connectivity index (χ1n) is 4.76. The number of aromatic nitrogens is 1. The van der Waals surface area contributed by atoms with Crippen LogP contribution in [-0.2, 0) is 12.7 Å². The van der Waals surface area contributed by atoms with Gasteiger partial charge >= 0.3 is 18.5 Å². The molecule has 0 amide bonds. The summed E-state index contributed by atoms with van der Waals surface area (Å²) in [5, 5.41) is 8.65. The third-order valence-electron chi connectivity index (χ3n) is 1.96. The van der Waals surface area contributed by atoms with Crippen LogP contribution in [0.1, 0.15) is 21.7 Å². The van der Waals surface area contributed by atoms with Gasteiger partial charge in [-0.1, -0.05) is 0 Å². The number of ether oxygens (including phenoxy) is 1. The number of carboxylic acids is 1. The molecule has 1 heterocycles. The number of carbonyl (C=O) groups is 1. The van der Waals surface area contributed by atoms with E-state index in [2.05, 4.69) is 9.72 Å². The van der Waals surface area contributed by atoms with Gasteiger partial charge in [0.05, 0.1) is 5.69 Å². The van der Waals surface area contributed by atoms with Gasteiger partial charge in [0.1, 0.15) is 5.56 Å². The fourth-order valence-electron chi connectivity index (χ4n) is 1.27. The van der Waals surface area contributed by atoms with Crippen molar-refractivity contribution in [3.63, 3.8) is 0 Å². The average molecular weight is 304 g/mol. The molecule has 0 spiro atoms. The predicted octanol–water partition coefficient (Wildman–Crippen LogP) is 2.16. The van der Waals surface area contributed by atoms with Gasteiger partial charge in [-0.2, -0.15) is 13.2 Å². The van der Waals surface area contributed by atoms with Crippen molar-refractivity contribution < 1.29 is 41.0 Å². The van der Waals surface area contributed by atoms with Crippen molar-refractivity contribution in [2.24, 2.45) is 5.73 Å². The summed E-state index contributed by atoms with van der Waals surface area (Å²) in [6.07, 6.45) is -10.8. The highest BCUT2D eigenvalue weighted by atomic mass is 19.4. The molecule has 11 heteroatoms. The van der Waals surface area contributed by atoms with Crippen molar-refractivity contribution >= 4 is 5.97 Å². The topological polar surface area (TPSA) is 85.4 Å². The maximum Gasteiger partial charge on any atom is 0.573 e. The lowest BCUT2D eigenvalue weighted by Crippen LogP contribution is -2.24. The second-order valence-corrected chi connectivity index (χ2v) is 3.39. The van der Waals surface area contributed by atoms with E-state index in [4.69, 9.17) is 10.8 Å². The number of nitrogens with zero attached hydrogens (tertiary/aromatic N) is 1. The molecule has 0 saturated heterocycles. The maximum atomic E-state index is 12.7. The highest BCUT2D eigenvalue weighted by Gasteiger charge is 2.42. The molecule has 0 aliphatic rings. The monoisotopic (exact) mass is 304 g/mol. The van der Waals surface area contributed by atoms with Crippen molar-refractivity contribution in [2.75, 3.05) is 0 Å². The molecule has 0 aliphatic carbocycles. The van der Waals surface area contributed by atoms with Crippen molar-refractivity contribution in [3.05, 3.63) is 23.0 Å². The molecule has 0 unspecified atom stereocenters. The number of aromatic carboxylic acids is 1. The summed E-state index contributed by atoms with van der Waals surface area (Å²) in [4.78, 5) is 13.8. The smallest absolute Gasteiger partial charge is 0.476 e. The SMILES string of the molecule is NCc1cc(C(F)(F)F)c(OC(F)(F)F)c(C(=O)O)n1. The first kappa shape index (κ1) is 16.0. The Morgan fingerprint density at radius 2 is 1.85 bits per heavy atom. The fraction of sp³-hybridized carbons (Fsp3) is 0.333. The molecule has 0 bridgehead atoms. The molecule has 0 aliphatic heterocycles. The molecule has 0 saturated carbocycles. The second-order valence-electron chi connectivity index (χ2n) is 3.39. The maximum absolute atomic E-state index is 12.7. The number of rotatable bonds is 3. The molecule has 0 fully saturated rings. The highest BCUT2D eigenvalue weighted by molar-refractivity contribution is 5.89. The van der Waals surface area contributed by atoms with E-state index in [0.29, 0.717) is 0 Å². The summed E-state index contributed by atoms with van der Waals surface area (Å²) in [6.45, 7) is -0.588. The molecule has 0 radical (unpaired) electrons. The number of pyridine rings is 1. The van der Waals surface area contributed by atoms with E-state index in [1.807, 2.05) is 0 Å². The Labute approximate surface area is 107 Å². The van der Waals surface area contributed by atoms with Gasteiger partial charge in [-0.05, 0) is 6.07 Å². The van der Waals surface area contributed by atoms with Crippen molar-refractivity contribution in [1.29, 1.82) is 0 Å². The van der Waals surface area contributed by atoms with E-state index in [9.17, 15) is 31.1 Å². The largest absolute Gasteiger partial charge is 0.573 e. The van der Waals surface area contributed by atoms with Gasteiger partial charge in [0.25, 0.3) is 0 Å². The molecule has 1 rings (SSSR count). The number of nitrogens with two attached hydrogens (primary N) is 1. The fourth-order valence-corrected chi connectivity index (χ4v) is 1.27. The van der Waals surface area contributed by atoms with Crippen LogP contribution in [0.25, 0.3) is 0 Å². The van der Waals surface area contributed by atoms with Crippen molar-refractivity contribution in [3.8, 4) is 5.75 Å². The van der Waals surface area contributed by atoms with E-state index < -0.39 is 47.8 Å². The molecule has 112 valence electrons. The van der Waals surface area contributed by atoms with Crippen LogP contribution < -0.4 is 10.5 Å². The standard InChI is InChI=1S/C9H6F6N2O3/c10-8(11,12)4-1-3(2-16)17-5(7(18)19)6(4)20-9(13,14)15/h1H,2,16H2,(H,18,19). The van der Waals surface area contributed by atoms with Crippen LogP contribution in [0.5, 0.6) is 5.75 Å². The molecular weight excluding hydrogens is 298 g/mol. The van der Waals surface area contributed by atoms with Gasteiger partial charge in [0.15, 0.2) is 11.4 Å². The summed E-state index contributed by atoms with van der Waals surface area (Å²) in [5.41, 5.74) is 1.05. The van der Waals surface area contributed by atoms with Gasteiger partial charge < -0.3 is 15.6 Å². The summed E-state index contributed by atoms with van der Waals surface area (Å²) in [5.74, 6) is -4.03. The minimum Gasteiger partial charge on any atom is -0.476 e. The Hall–Kier alpha value is -2.04. The number of alkyl halides is 6. The first-order chi connectivity index (χ1) is 8.95. The van der Waals surface area contributed by atoms with Gasteiger partial charge in [-0.3, -0.25) is 0 Å². The Bertz CT molecular complexity index is 526. The summed E-state index contributed by atoms with van der Waals surface area (Å²) >= 11 is 0. The highest BCUT2D eigenvalue weighted by Crippen LogP contribution is 2.40.